The van der Waals surface area contributed by atoms with Gasteiger partial charge in [-0.05, 0) is 90.0 Å². The number of benzene rings is 1. The molecule has 2 fully saturated rings. The van der Waals surface area contributed by atoms with Crippen molar-refractivity contribution in [1.29, 1.82) is 0 Å². The molecule has 2 saturated heterocycles. The first kappa shape index (κ1) is 19.7. The van der Waals surface area contributed by atoms with Crippen molar-refractivity contribution in [3.05, 3.63) is 29.8 Å². The molecule has 0 amide bonds. The van der Waals surface area contributed by atoms with Crippen LogP contribution in [0.1, 0.15) is 44.1 Å². The Morgan fingerprint density at radius 1 is 1.04 bits per heavy atom. The number of nitrogens with zero attached hydrogens (tertiary/aromatic N) is 2. The van der Waals surface area contributed by atoms with E-state index in [1.54, 1.807) is 0 Å². The van der Waals surface area contributed by atoms with Crippen molar-refractivity contribution in [1.82, 2.24) is 9.80 Å². The Kier molecular flexibility index (Phi) is 7.35. The summed E-state index contributed by atoms with van der Waals surface area (Å²) in [5.41, 5.74) is 1.65. The van der Waals surface area contributed by atoms with Crippen molar-refractivity contribution in [2.24, 2.45) is 0 Å². The van der Waals surface area contributed by atoms with Crippen LogP contribution in [0.15, 0.2) is 24.3 Å². The SMILES string of the molecule is CN(C)CC1(c2ccc(OCCCCN3CCCC3)cc2)CCOCC1. The fourth-order valence-electron chi connectivity index (χ4n) is 4.44. The molecule has 0 atom stereocenters. The summed E-state index contributed by atoms with van der Waals surface area (Å²) in [6.07, 6.45) is 7.34. The van der Waals surface area contributed by atoms with Gasteiger partial charge in [-0.25, -0.2) is 0 Å². The van der Waals surface area contributed by atoms with E-state index < -0.39 is 0 Å². The predicted octanol–water partition coefficient (Wildman–Crippen LogP) is 3.55. The average molecular weight is 361 g/mol. The van der Waals surface area contributed by atoms with E-state index in [9.17, 15) is 0 Å². The van der Waals surface area contributed by atoms with Crippen LogP contribution in [0.25, 0.3) is 0 Å². The number of likely N-dealkylation sites (N-methyl/N-ethyl adjacent to an activating group) is 1. The molecule has 146 valence electrons. The van der Waals surface area contributed by atoms with Gasteiger partial charge in [0.1, 0.15) is 5.75 Å². The van der Waals surface area contributed by atoms with E-state index in [2.05, 4.69) is 48.2 Å². The number of likely N-dealkylation sites (tertiary alicyclic amines) is 1. The fourth-order valence-corrected chi connectivity index (χ4v) is 4.44. The second kappa shape index (κ2) is 9.72. The van der Waals surface area contributed by atoms with E-state index in [4.69, 9.17) is 9.47 Å². The van der Waals surface area contributed by atoms with Crippen LogP contribution in [0.4, 0.5) is 0 Å². The van der Waals surface area contributed by atoms with Crippen LogP contribution in [0.2, 0.25) is 0 Å². The molecule has 0 saturated carbocycles. The van der Waals surface area contributed by atoms with Crippen LogP contribution < -0.4 is 4.74 Å². The molecule has 0 spiro atoms. The average Bonchev–Trinajstić information content (AvgIpc) is 3.16. The predicted molar refractivity (Wildman–Crippen MR) is 107 cm³/mol. The third-order valence-electron chi connectivity index (χ3n) is 5.87. The van der Waals surface area contributed by atoms with Gasteiger partial charge in [0.15, 0.2) is 0 Å². The first-order chi connectivity index (χ1) is 12.7. The molecular formula is C22H36N2O2. The zero-order chi connectivity index (χ0) is 18.2. The van der Waals surface area contributed by atoms with E-state index >= 15 is 0 Å². The molecule has 4 nitrogen and oxygen atoms in total. The Bertz CT molecular complexity index is 517. The molecule has 4 heteroatoms. The summed E-state index contributed by atoms with van der Waals surface area (Å²) in [6.45, 7) is 7.45. The normalized spacial score (nSPS) is 20.6. The highest BCUT2D eigenvalue weighted by Gasteiger charge is 2.34. The van der Waals surface area contributed by atoms with Crippen LogP contribution in [-0.2, 0) is 10.2 Å². The Hall–Kier alpha value is -1.10. The summed E-state index contributed by atoms with van der Waals surface area (Å²) in [4.78, 5) is 4.88. The largest absolute Gasteiger partial charge is 0.494 e. The lowest BCUT2D eigenvalue weighted by Gasteiger charge is -2.39. The van der Waals surface area contributed by atoms with Crippen LogP contribution in [0.3, 0.4) is 0 Å². The quantitative estimate of drug-likeness (QED) is 0.629. The Morgan fingerprint density at radius 3 is 2.38 bits per heavy atom. The monoisotopic (exact) mass is 360 g/mol. The first-order valence-corrected chi connectivity index (χ1v) is 10.4. The van der Waals surface area contributed by atoms with E-state index in [0.29, 0.717) is 0 Å². The van der Waals surface area contributed by atoms with Gasteiger partial charge in [-0.1, -0.05) is 12.1 Å². The summed E-state index contributed by atoms with van der Waals surface area (Å²) >= 11 is 0. The standard InChI is InChI=1S/C22H36N2O2/c1-23(2)19-22(11-17-25-18-12-22)20-7-9-21(10-8-20)26-16-6-5-15-24-13-3-4-14-24/h7-10H,3-6,11-19H2,1-2H3. The number of ether oxygens (including phenoxy) is 2. The van der Waals surface area contributed by atoms with Crippen molar-refractivity contribution in [3.63, 3.8) is 0 Å². The third kappa shape index (κ3) is 5.45. The van der Waals surface area contributed by atoms with Crippen molar-refractivity contribution in [2.45, 2.75) is 43.9 Å². The highest BCUT2D eigenvalue weighted by atomic mass is 16.5. The summed E-state index contributed by atoms with van der Waals surface area (Å²) in [6, 6.07) is 8.86. The van der Waals surface area contributed by atoms with E-state index in [0.717, 1.165) is 51.4 Å². The lowest BCUT2D eigenvalue weighted by atomic mass is 9.74. The van der Waals surface area contributed by atoms with Gasteiger partial charge >= 0.3 is 0 Å². The van der Waals surface area contributed by atoms with Gasteiger partial charge in [0.2, 0.25) is 0 Å². The third-order valence-corrected chi connectivity index (χ3v) is 5.87. The smallest absolute Gasteiger partial charge is 0.119 e. The van der Waals surface area contributed by atoms with Gasteiger partial charge < -0.3 is 19.3 Å². The minimum absolute atomic E-state index is 0.218. The summed E-state index contributed by atoms with van der Waals surface area (Å²) in [5.74, 6) is 1.00. The zero-order valence-electron chi connectivity index (χ0n) is 16.7. The molecule has 2 aliphatic rings. The molecule has 26 heavy (non-hydrogen) atoms. The van der Waals surface area contributed by atoms with Crippen LogP contribution in [-0.4, -0.2) is 69.9 Å². The maximum Gasteiger partial charge on any atom is 0.119 e. The van der Waals surface area contributed by atoms with Gasteiger partial charge in [-0.15, -0.1) is 0 Å². The molecule has 1 aromatic carbocycles. The maximum absolute atomic E-state index is 5.97. The van der Waals surface area contributed by atoms with Crippen molar-refractivity contribution >= 4 is 0 Å². The van der Waals surface area contributed by atoms with Crippen molar-refractivity contribution in [3.8, 4) is 5.75 Å². The topological polar surface area (TPSA) is 24.9 Å². The summed E-state index contributed by atoms with van der Waals surface area (Å²) < 4.78 is 11.6. The molecule has 1 aromatic rings. The Balaban J connectivity index is 1.47. The fraction of sp³-hybridized carbons (Fsp3) is 0.727. The summed E-state index contributed by atoms with van der Waals surface area (Å²) in [5, 5.41) is 0. The number of hydrogen-bond acceptors (Lipinski definition) is 4. The molecule has 0 aromatic heterocycles. The molecule has 2 heterocycles. The zero-order valence-corrected chi connectivity index (χ0v) is 16.7. The number of rotatable bonds is 9. The first-order valence-electron chi connectivity index (χ1n) is 10.4. The number of hydrogen-bond donors (Lipinski definition) is 0. The number of unbranched alkanes of at least 4 members (excludes halogenated alkanes) is 1. The van der Waals surface area contributed by atoms with Gasteiger partial charge in [-0.3, -0.25) is 0 Å². The molecule has 0 bridgehead atoms. The highest BCUT2D eigenvalue weighted by Crippen LogP contribution is 2.36. The molecule has 0 unspecified atom stereocenters. The van der Waals surface area contributed by atoms with Crippen molar-refractivity contribution < 1.29 is 9.47 Å². The van der Waals surface area contributed by atoms with E-state index in [1.807, 2.05) is 0 Å². The molecule has 3 rings (SSSR count). The van der Waals surface area contributed by atoms with Gasteiger partial charge in [-0.2, -0.15) is 0 Å². The molecule has 0 radical (unpaired) electrons. The van der Waals surface area contributed by atoms with Gasteiger partial charge in [0.05, 0.1) is 6.61 Å². The van der Waals surface area contributed by atoms with E-state index in [1.165, 1.54) is 44.5 Å². The van der Waals surface area contributed by atoms with Crippen LogP contribution in [0.5, 0.6) is 5.75 Å². The molecule has 2 aliphatic heterocycles. The Labute approximate surface area is 159 Å². The highest BCUT2D eigenvalue weighted by molar-refractivity contribution is 5.33. The maximum atomic E-state index is 5.97. The molecule has 0 N–H and O–H groups in total. The minimum Gasteiger partial charge on any atom is -0.494 e. The summed E-state index contributed by atoms with van der Waals surface area (Å²) in [7, 11) is 4.33. The van der Waals surface area contributed by atoms with Crippen molar-refractivity contribution in [2.75, 3.05) is 60.1 Å². The second-order valence-corrected chi connectivity index (χ2v) is 8.26. The Morgan fingerprint density at radius 2 is 1.73 bits per heavy atom. The molecular weight excluding hydrogens is 324 g/mol. The lowest BCUT2D eigenvalue weighted by Crippen LogP contribution is -2.42. The second-order valence-electron chi connectivity index (χ2n) is 8.26. The van der Waals surface area contributed by atoms with Crippen LogP contribution in [0, 0.1) is 0 Å². The molecule has 0 aliphatic carbocycles. The van der Waals surface area contributed by atoms with Gasteiger partial charge in [0, 0.05) is 25.2 Å². The van der Waals surface area contributed by atoms with E-state index in [-0.39, 0.29) is 5.41 Å². The van der Waals surface area contributed by atoms with Crippen LogP contribution >= 0.6 is 0 Å². The minimum atomic E-state index is 0.218. The lowest BCUT2D eigenvalue weighted by molar-refractivity contribution is 0.0401. The van der Waals surface area contributed by atoms with Gasteiger partial charge in [0.25, 0.3) is 0 Å².